The van der Waals surface area contributed by atoms with Crippen LogP contribution >= 0.6 is 0 Å². The first-order valence-corrected chi connectivity index (χ1v) is 7.58. The van der Waals surface area contributed by atoms with Crippen LogP contribution in [0, 0.1) is 11.3 Å². The molecule has 3 rings (SSSR count). The summed E-state index contributed by atoms with van der Waals surface area (Å²) in [6.45, 7) is 0.612. The highest BCUT2D eigenvalue weighted by Gasteiger charge is 2.31. The Morgan fingerprint density at radius 1 is 1.16 bits per heavy atom. The van der Waals surface area contributed by atoms with Gasteiger partial charge in [0, 0.05) is 24.0 Å². The third-order valence-corrected chi connectivity index (χ3v) is 4.03. The first-order valence-electron chi connectivity index (χ1n) is 7.58. The molecule has 0 spiro atoms. The van der Waals surface area contributed by atoms with E-state index in [9.17, 15) is 23.2 Å². The van der Waals surface area contributed by atoms with Gasteiger partial charge in [0.25, 0.3) is 0 Å². The van der Waals surface area contributed by atoms with Crippen LogP contribution in [0.1, 0.15) is 21.5 Å². The molecule has 0 aliphatic carbocycles. The van der Waals surface area contributed by atoms with E-state index in [4.69, 9.17) is 0 Å². The lowest BCUT2D eigenvalue weighted by Crippen LogP contribution is -2.16. The number of ketones is 1. The van der Waals surface area contributed by atoms with Crippen molar-refractivity contribution in [3.63, 3.8) is 0 Å². The first-order chi connectivity index (χ1) is 11.9. The van der Waals surface area contributed by atoms with E-state index in [0.717, 1.165) is 35.9 Å². The standard InChI is InChI=1S/C19H13F3N2O/c20-19(21,22)16-6-3-5-14(10-16)18(25)15(11-23)12-24-9-8-13-4-1-2-7-17(13)24/h1-7,10,12H,8-9H2/b15-12+. The Morgan fingerprint density at radius 2 is 1.92 bits per heavy atom. The van der Waals surface area contributed by atoms with Gasteiger partial charge in [0.15, 0.2) is 0 Å². The fourth-order valence-corrected chi connectivity index (χ4v) is 2.78. The van der Waals surface area contributed by atoms with E-state index >= 15 is 0 Å². The smallest absolute Gasteiger partial charge is 0.346 e. The minimum Gasteiger partial charge on any atom is -0.346 e. The molecule has 0 fully saturated rings. The predicted molar refractivity (Wildman–Crippen MR) is 87.0 cm³/mol. The lowest BCUT2D eigenvalue weighted by Gasteiger charge is -2.14. The summed E-state index contributed by atoms with van der Waals surface area (Å²) < 4.78 is 38.4. The number of nitrogens with zero attached hydrogens (tertiary/aromatic N) is 2. The molecule has 126 valence electrons. The van der Waals surface area contributed by atoms with Crippen molar-refractivity contribution in [1.82, 2.24) is 0 Å². The van der Waals surface area contributed by atoms with Gasteiger partial charge < -0.3 is 4.90 Å². The SMILES string of the molecule is N#C/C(=C\N1CCc2ccccc21)C(=O)c1cccc(C(F)(F)F)c1. The van der Waals surface area contributed by atoms with E-state index in [1.165, 1.54) is 12.3 Å². The number of benzene rings is 2. The van der Waals surface area contributed by atoms with E-state index in [2.05, 4.69) is 0 Å². The Balaban J connectivity index is 1.92. The van der Waals surface area contributed by atoms with Crippen molar-refractivity contribution >= 4 is 11.5 Å². The third-order valence-electron chi connectivity index (χ3n) is 4.03. The number of Topliss-reactive ketones (excluding diaryl/α,β-unsaturated/α-hetero) is 1. The van der Waals surface area contributed by atoms with Crippen LogP contribution in [-0.2, 0) is 12.6 Å². The maximum Gasteiger partial charge on any atom is 0.416 e. The van der Waals surface area contributed by atoms with Crippen LogP contribution in [0.25, 0.3) is 0 Å². The fraction of sp³-hybridized carbons (Fsp3) is 0.158. The summed E-state index contributed by atoms with van der Waals surface area (Å²) in [7, 11) is 0. The number of anilines is 1. The summed E-state index contributed by atoms with van der Waals surface area (Å²) >= 11 is 0. The van der Waals surface area contributed by atoms with Crippen molar-refractivity contribution in [2.45, 2.75) is 12.6 Å². The van der Waals surface area contributed by atoms with E-state index in [0.29, 0.717) is 6.54 Å². The van der Waals surface area contributed by atoms with Gasteiger partial charge in [-0.1, -0.05) is 30.3 Å². The number of carbonyl (C=O) groups excluding carboxylic acids is 1. The predicted octanol–water partition coefficient (Wildman–Crippen LogP) is 4.36. The molecule has 0 amide bonds. The quantitative estimate of drug-likeness (QED) is 0.473. The molecule has 25 heavy (non-hydrogen) atoms. The molecule has 0 unspecified atom stereocenters. The number of rotatable bonds is 3. The average molecular weight is 342 g/mol. The number of allylic oxidation sites excluding steroid dienone is 1. The van der Waals surface area contributed by atoms with E-state index in [1.807, 2.05) is 24.3 Å². The maximum absolute atomic E-state index is 12.8. The highest BCUT2D eigenvalue weighted by atomic mass is 19.4. The number of hydrogen-bond acceptors (Lipinski definition) is 3. The van der Waals surface area contributed by atoms with Crippen molar-refractivity contribution in [3.05, 3.63) is 77.0 Å². The monoisotopic (exact) mass is 342 g/mol. The summed E-state index contributed by atoms with van der Waals surface area (Å²) in [5, 5.41) is 9.31. The molecule has 0 saturated heterocycles. The second kappa shape index (κ2) is 6.44. The van der Waals surface area contributed by atoms with E-state index in [1.54, 1.807) is 11.0 Å². The zero-order valence-electron chi connectivity index (χ0n) is 13.0. The highest BCUT2D eigenvalue weighted by Crippen LogP contribution is 2.31. The second-order valence-corrected chi connectivity index (χ2v) is 5.63. The lowest BCUT2D eigenvalue weighted by molar-refractivity contribution is -0.137. The Labute approximate surface area is 142 Å². The zero-order chi connectivity index (χ0) is 18.0. The molecule has 0 N–H and O–H groups in total. The van der Waals surface area contributed by atoms with Crippen molar-refractivity contribution < 1.29 is 18.0 Å². The van der Waals surface area contributed by atoms with Crippen LogP contribution in [0.5, 0.6) is 0 Å². The number of para-hydroxylation sites is 1. The van der Waals surface area contributed by atoms with Crippen molar-refractivity contribution in [1.29, 1.82) is 5.26 Å². The van der Waals surface area contributed by atoms with E-state index in [-0.39, 0.29) is 11.1 Å². The Morgan fingerprint density at radius 3 is 2.64 bits per heavy atom. The topological polar surface area (TPSA) is 44.1 Å². The minimum atomic E-state index is -4.54. The molecule has 1 heterocycles. The molecule has 6 heteroatoms. The van der Waals surface area contributed by atoms with Crippen LogP contribution in [0.2, 0.25) is 0 Å². The van der Waals surface area contributed by atoms with Crippen LogP contribution in [0.3, 0.4) is 0 Å². The average Bonchev–Trinajstić information content (AvgIpc) is 3.01. The molecule has 0 aromatic heterocycles. The summed E-state index contributed by atoms with van der Waals surface area (Å²) in [4.78, 5) is 14.2. The van der Waals surface area contributed by atoms with Crippen LogP contribution < -0.4 is 4.90 Å². The normalized spacial score (nSPS) is 14.2. The van der Waals surface area contributed by atoms with E-state index < -0.39 is 17.5 Å². The summed E-state index contributed by atoms with van der Waals surface area (Å²) in [6.07, 6.45) is -2.35. The highest BCUT2D eigenvalue weighted by molar-refractivity contribution is 6.11. The Hall–Kier alpha value is -3.07. The van der Waals surface area contributed by atoms with Crippen LogP contribution in [0.15, 0.2) is 60.3 Å². The van der Waals surface area contributed by atoms with Gasteiger partial charge in [0.1, 0.15) is 11.6 Å². The number of alkyl halides is 3. The largest absolute Gasteiger partial charge is 0.416 e. The number of nitriles is 1. The van der Waals surface area contributed by atoms with Crippen molar-refractivity contribution in [2.24, 2.45) is 0 Å². The number of fused-ring (bicyclic) bond motifs is 1. The van der Waals surface area contributed by atoms with Gasteiger partial charge in [-0.15, -0.1) is 0 Å². The Kier molecular flexibility index (Phi) is 4.32. The van der Waals surface area contributed by atoms with Gasteiger partial charge in [-0.05, 0) is 30.2 Å². The molecule has 2 aromatic carbocycles. The molecule has 1 aliphatic rings. The van der Waals surface area contributed by atoms with Crippen LogP contribution in [-0.4, -0.2) is 12.3 Å². The van der Waals surface area contributed by atoms with Crippen molar-refractivity contribution in [2.75, 3.05) is 11.4 Å². The molecule has 0 radical (unpaired) electrons. The number of halogens is 3. The second-order valence-electron chi connectivity index (χ2n) is 5.63. The van der Waals surface area contributed by atoms with Gasteiger partial charge >= 0.3 is 6.18 Å². The molecule has 0 saturated carbocycles. The summed E-state index contributed by atoms with van der Waals surface area (Å²) in [6, 6.07) is 13.5. The van der Waals surface area contributed by atoms with Crippen LogP contribution in [0.4, 0.5) is 18.9 Å². The summed E-state index contributed by atoms with van der Waals surface area (Å²) in [5.74, 6) is -0.724. The molecule has 2 aromatic rings. The molecule has 0 atom stereocenters. The third kappa shape index (κ3) is 3.41. The molecular weight excluding hydrogens is 329 g/mol. The molecule has 3 nitrogen and oxygen atoms in total. The molecular formula is C19H13F3N2O. The number of carbonyl (C=O) groups is 1. The Bertz CT molecular complexity index is 894. The van der Waals surface area contributed by atoms with Gasteiger partial charge in [0.2, 0.25) is 5.78 Å². The lowest BCUT2D eigenvalue weighted by atomic mass is 10.0. The molecule has 1 aliphatic heterocycles. The zero-order valence-corrected chi connectivity index (χ0v) is 13.0. The minimum absolute atomic E-state index is 0.157. The van der Waals surface area contributed by atoms with Gasteiger partial charge in [-0.3, -0.25) is 4.79 Å². The fourth-order valence-electron chi connectivity index (χ4n) is 2.78. The van der Waals surface area contributed by atoms with Gasteiger partial charge in [-0.25, -0.2) is 0 Å². The van der Waals surface area contributed by atoms with Gasteiger partial charge in [0.05, 0.1) is 5.56 Å². The first kappa shape index (κ1) is 16.8. The van der Waals surface area contributed by atoms with Crippen molar-refractivity contribution in [3.8, 4) is 6.07 Å². The summed E-state index contributed by atoms with van der Waals surface area (Å²) in [5.41, 5.74) is 0.725. The molecule has 0 bridgehead atoms. The maximum atomic E-state index is 12.8. The number of hydrogen-bond donors (Lipinski definition) is 0. The van der Waals surface area contributed by atoms with Gasteiger partial charge in [-0.2, -0.15) is 18.4 Å².